The van der Waals surface area contributed by atoms with Crippen molar-refractivity contribution in [3.8, 4) is 0 Å². The summed E-state index contributed by atoms with van der Waals surface area (Å²) < 4.78 is 35.5. The Labute approximate surface area is 100 Å². The second kappa shape index (κ2) is 5.53. The SMILES string of the molecule is O=C(O)[C@@H]1CC(O)CN1C(=O)CNCC(F)(F)F. The third-order valence-electron chi connectivity index (χ3n) is 2.49. The molecule has 1 unspecified atom stereocenters. The first-order chi connectivity index (χ1) is 8.20. The predicted molar refractivity (Wildman–Crippen MR) is 52.7 cm³/mol. The van der Waals surface area contributed by atoms with Gasteiger partial charge in [0.2, 0.25) is 5.91 Å². The summed E-state index contributed by atoms with van der Waals surface area (Å²) in [7, 11) is 0. The number of β-amino-alcohol motifs (C(OH)–C–C–N with tert-alkyl or cyclic N) is 1. The van der Waals surface area contributed by atoms with E-state index in [0.717, 1.165) is 4.90 Å². The average Bonchev–Trinajstić information content (AvgIpc) is 2.58. The molecule has 1 fully saturated rings. The van der Waals surface area contributed by atoms with Gasteiger partial charge in [0, 0.05) is 13.0 Å². The Hall–Kier alpha value is -1.35. The van der Waals surface area contributed by atoms with Gasteiger partial charge in [-0.15, -0.1) is 0 Å². The van der Waals surface area contributed by atoms with Crippen LogP contribution in [-0.4, -0.2) is 64.9 Å². The van der Waals surface area contributed by atoms with Gasteiger partial charge in [-0.25, -0.2) is 4.79 Å². The Balaban J connectivity index is 2.48. The second-order valence-electron chi connectivity index (χ2n) is 4.01. The number of alkyl halides is 3. The third-order valence-corrected chi connectivity index (χ3v) is 2.49. The van der Waals surface area contributed by atoms with Gasteiger partial charge < -0.3 is 20.4 Å². The smallest absolute Gasteiger partial charge is 0.401 e. The first kappa shape index (κ1) is 14.7. The number of carbonyl (C=O) groups is 2. The van der Waals surface area contributed by atoms with Crippen LogP contribution in [-0.2, 0) is 9.59 Å². The molecule has 0 aromatic rings. The van der Waals surface area contributed by atoms with Crippen LogP contribution in [0.15, 0.2) is 0 Å². The first-order valence-electron chi connectivity index (χ1n) is 5.18. The van der Waals surface area contributed by atoms with E-state index in [1.807, 2.05) is 5.32 Å². The number of aliphatic hydroxyl groups excluding tert-OH is 1. The van der Waals surface area contributed by atoms with Crippen molar-refractivity contribution in [3.63, 3.8) is 0 Å². The van der Waals surface area contributed by atoms with Crippen molar-refractivity contribution in [2.24, 2.45) is 0 Å². The number of nitrogens with zero attached hydrogens (tertiary/aromatic N) is 1. The Kier molecular flexibility index (Phi) is 4.52. The maximum atomic E-state index is 11.8. The summed E-state index contributed by atoms with van der Waals surface area (Å²) in [5, 5.41) is 19.9. The topological polar surface area (TPSA) is 89.9 Å². The van der Waals surface area contributed by atoms with Crippen LogP contribution in [0.25, 0.3) is 0 Å². The molecule has 0 saturated carbocycles. The maximum Gasteiger partial charge on any atom is 0.401 e. The third kappa shape index (κ3) is 4.15. The number of rotatable bonds is 4. The number of halogens is 3. The van der Waals surface area contributed by atoms with Crippen molar-refractivity contribution >= 4 is 11.9 Å². The lowest BCUT2D eigenvalue weighted by Crippen LogP contribution is -2.45. The molecule has 104 valence electrons. The summed E-state index contributed by atoms with van der Waals surface area (Å²) in [6.07, 6.45) is -5.50. The highest BCUT2D eigenvalue weighted by molar-refractivity contribution is 5.85. The Morgan fingerprint density at radius 2 is 2.00 bits per heavy atom. The molecule has 0 aromatic carbocycles. The molecule has 1 saturated heterocycles. The summed E-state index contributed by atoms with van der Waals surface area (Å²) in [6.45, 7) is -2.12. The molecular weight excluding hydrogens is 257 g/mol. The second-order valence-corrected chi connectivity index (χ2v) is 4.01. The quantitative estimate of drug-likeness (QED) is 0.621. The molecule has 1 amide bonds. The van der Waals surface area contributed by atoms with E-state index in [0.29, 0.717) is 0 Å². The van der Waals surface area contributed by atoms with Gasteiger partial charge in [-0.05, 0) is 0 Å². The van der Waals surface area contributed by atoms with Gasteiger partial charge in [0.1, 0.15) is 6.04 Å². The molecule has 0 aromatic heterocycles. The van der Waals surface area contributed by atoms with Crippen LogP contribution in [0.2, 0.25) is 0 Å². The normalized spacial score (nSPS) is 24.3. The van der Waals surface area contributed by atoms with E-state index in [1.54, 1.807) is 0 Å². The number of aliphatic carboxylic acids is 1. The molecule has 18 heavy (non-hydrogen) atoms. The molecular formula is C9H13F3N2O4. The number of carboxylic acid groups (broad SMARTS) is 1. The van der Waals surface area contributed by atoms with Crippen molar-refractivity contribution in [2.45, 2.75) is 24.7 Å². The number of carbonyl (C=O) groups excluding carboxylic acids is 1. The lowest BCUT2D eigenvalue weighted by atomic mass is 10.2. The Morgan fingerprint density at radius 1 is 1.39 bits per heavy atom. The van der Waals surface area contributed by atoms with Crippen LogP contribution >= 0.6 is 0 Å². The number of hydrogen-bond acceptors (Lipinski definition) is 4. The number of amides is 1. The predicted octanol–water partition coefficient (Wildman–Crippen LogP) is -0.815. The lowest BCUT2D eigenvalue weighted by Gasteiger charge is -2.21. The van der Waals surface area contributed by atoms with E-state index in [4.69, 9.17) is 5.11 Å². The molecule has 1 heterocycles. The fourth-order valence-electron chi connectivity index (χ4n) is 1.74. The van der Waals surface area contributed by atoms with Crippen LogP contribution in [0.1, 0.15) is 6.42 Å². The summed E-state index contributed by atoms with van der Waals surface area (Å²) in [4.78, 5) is 23.2. The monoisotopic (exact) mass is 270 g/mol. The molecule has 1 rings (SSSR count). The zero-order valence-electron chi connectivity index (χ0n) is 9.28. The lowest BCUT2D eigenvalue weighted by molar-refractivity contribution is -0.148. The molecule has 0 aliphatic carbocycles. The molecule has 9 heteroatoms. The molecule has 1 aliphatic rings. The first-order valence-corrected chi connectivity index (χ1v) is 5.18. The maximum absolute atomic E-state index is 11.8. The average molecular weight is 270 g/mol. The summed E-state index contributed by atoms with van der Waals surface area (Å²) in [5.41, 5.74) is 0. The van der Waals surface area contributed by atoms with Gasteiger partial charge in [-0.3, -0.25) is 4.79 Å². The van der Waals surface area contributed by atoms with Gasteiger partial charge in [0.05, 0.1) is 19.2 Å². The van der Waals surface area contributed by atoms with Gasteiger partial charge >= 0.3 is 12.1 Å². The van der Waals surface area contributed by atoms with Crippen molar-refractivity contribution in [1.29, 1.82) is 0 Å². The minimum absolute atomic E-state index is 0.111. The molecule has 0 spiro atoms. The highest BCUT2D eigenvalue weighted by Gasteiger charge is 2.38. The van der Waals surface area contributed by atoms with Crippen LogP contribution in [0.5, 0.6) is 0 Å². The van der Waals surface area contributed by atoms with E-state index in [9.17, 15) is 27.9 Å². The molecule has 3 N–H and O–H groups in total. The van der Waals surface area contributed by atoms with E-state index in [1.165, 1.54) is 0 Å². The highest BCUT2D eigenvalue weighted by Crippen LogP contribution is 2.18. The van der Waals surface area contributed by atoms with Crippen LogP contribution in [0, 0.1) is 0 Å². The summed E-state index contributed by atoms with van der Waals surface area (Å²) >= 11 is 0. The zero-order valence-corrected chi connectivity index (χ0v) is 9.28. The van der Waals surface area contributed by atoms with Gasteiger partial charge in [-0.2, -0.15) is 13.2 Å². The van der Waals surface area contributed by atoms with Crippen LogP contribution in [0.3, 0.4) is 0 Å². The Morgan fingerprint density at radius 3 is 2.50 bits per heavy atom. The molecule has 1 aliphatic heterocycles. The number of carboxylic acids is 1. The minimum Gasteiger partial charge on any atom is -0.480 e. The fraction of sp³-hybridized carbons (Fsp3) is 0.778. The van der Waals surface area contributed by atoms with E-state index >= 15 is 0 Å². The summed E-state index contributed by atoms with van der Waals surface area (Å²) in [6, 6.07) is -1.18. The fourth-order valence-corrected chi connectivity index (χ4v) is 1.74. The molecule has 0 bridgehead atoms. The van der Waals surface area contributed by atoms with Crippen molar-refractivity contribution < 1.29 is 33.0 Å². The van der Waals surface area contributed by atoms with Crippen molar-refractivity contribution in [1.82, 2.24) is 10.2 Å². The number of likely N-dealkylation sites (tertiary alicyclic amines) is 1. The summed E-state index contributed by atoms with van der Waals surface area (Å²) in [5.74, 6) is -2.06. The van der Waals surface area contributed by atoms with Gasteiger partial charge in [0.25, 0.3) is 0 Å². The Bertz CT molecular complexity index is 334. The van der Waals surface area contributed by atoms with Crippen LogP contribution in [0.4, 0.5) is 13.2 Å². The molecule has 6 nitrogen and oxygen atoms in total. The number of aliphatic hydroxyl groups is 1. The number of nitrogens with one attached hydrogen (secondary N) is 1. The van der Waals surface area contributed by atoms with Crippen molar-refractivity contribution in [3.05, 3.63) is 0 Å². The van der Waals surface area contributed by atoms with E-state index in [-0.39, 0.29) is 13.0 Å². The van der Waals surface area contributed by atoms with Gasteiger partial charge in [-0.1, -0.05) is 0 Å². The van der Waals surface area contributed by atoms with Crippen molar-refractivity contribution in [2.75, 3.05) is 19.6 Å². The molecule has 0 radical (unpaired) electrons. The largest absolute Gasteiger partial charge is 0.480 e. The molecule has 2 atom stereocenters. The van der Waals surface area contributed by atoms with E-state index < -0.39 is 43.3 Å². The van der Waals surface area contributed by atoms with E-state index in [2.05, 4.69) is 0 Å². The minimum atomic E-state index is -4.43. The zero-order chi connectivity index (χ0) is 13.9. The van der Waals surface area contributed by atoms with Crippen LogP contribution < -0.4 is 5.32 Å². The number of hydrogen-bond donors (Lipinski definition) is 3. The van der Waals surface area contributed by atoms with Gasteiger partial charge in [0.15, 0.2) is 0 Å². The standard InChI is InChI=1S/C9H13F3N2O4/c10-9(11,12)4-13-2-7(16)14-3-5(15)1-6(14)8(17)18/h5-6,13,15H,1-4H2,(H,17,18)/t5?,6-/m0/s1. The highest BCUT2D eigenvalue weighted by atomic mass is 19.4.